The Morgan fingerprint density at radius 3 is 1.50 bits per heavy atom. The lowest BCUT2D eigenvalue weighted by molar-refractivity contribution is 0.669. The first-order valence-corrected chi connectivity index (χ1v) is 16.7. The van der Waals surface area contributed by atoms with E-state index < -0.39 is 0 Å². The lowest BCUT2D eigenvalue weighted by atomic mass is 9.98. The summed E-state index contributed by atoms with van der Waals surface area (Å²) in [4.78, 5) is 15.3. The Bertz CT molecular complexity index is 2750. The van der Waals surface area contributed by atoms with E-state index >= 15 is 0 Å². The summed E-state index contributed by atoms with van der Waals surface area (Å²) in [6.07, 6.45) is 0. The Labute approximate surface area is 287 Å². The lowest BCUT2D eigenvalue weighted by Crippen LogP contribution is -2.00. The van der Waals surface area contributed by atoms with Gasteiger partial charge >= 0.3 is 0 Å². The Morgan fingerprint density at radius 2 is 0.900 bits per heavy atom. The van der Waals surface area contributed by atoms with Crippen molar-refractivity contribution in [1.82, 2.24) is 19.5 Å². The summed E-state index contributed by atoms with van der Waals surface area (Å²) < 4.78 is 9.01. The summed E-state index contributed by atoms with van der Waals surface area (Å²) in [5.41, 5.74) is 9.80. The molecule has 0 aliphatic rings. The summed E-state index contributed by atoms with van der Waals surface area (Å²) in [6.45, 7) is 0. The van der Waals surface area contributed by atoms with Gasteiger partial charge in [0.2, 0.25) is 0 Å². The molecule has 3 aromatic heterocycles. The van der Waals surface area contributed by atoms with E-state index in [9.17, 15) is 0 Å². The maximum absolute atomic E-state index is 6.67. The van der Waals surface area contributed by atoms with E-state index in [1.165, 1.54) is 10.8 Å². The highest BCUT2D eigenvalue weighted by atomic mass is 16.3. The van der Waals surface area contributed by atoms with Gasteiger partial charge in [0.1, 0.15) is 11.2 Å². The van der Waals surface area contributed by atoms with Crippen LogP contribution in [0.4, 0.5) is 0 Å². The molecule has 5 heteroatoms. The quantitative estimate of drug-likeness (QED) is 0.188. The molecule has 3 heterocycles. The molecule has 0 aliphatic heterocycles. The van der Waals surface area contributed by atoms with Crippen LogP contribution in [-0.4, -0.2) is 19.5 Å². The molecular weight excluding hydrogens is 613 g/mol. The van der Waals surface area contributed by atoms with Crippen LogP contribution in [-0.2, 0) is 0 Å². The minimum atomic E-state index is 0.588. The second kappa shape index (κ2) is 11.4. The van der Waals surface area contributed by atoms with Crippen molar-refractivity contribution in [2.75, 3.05) is 0 Å². The number of para-hydroxylation sites is 2. The highest BCUT2D eigenvalue weighted by Gasteiger charge is 2.21. The van der Waals surface area contributed by atoms with E-state index in [1.54, 1.807) is 0 Å². The van der Waals surface area contributed by atoms with Gasteiger partial charge in [-0.2, -0.15) is 0 Å². The fourth-order valence-electron chi connectivity index (χ4n) is 7.14. The van der Waals surface area contributed by atoms with Crippen LogP contribution in [0.1, 0.15) is 0 Å². The maximum atomic E-state index is 6.67. The zero-order valence-corrected chi connectivity index (χ0v) is 26.9. The van der Waals surface area contributed by atoms with Gasteiger partial charge in [-0.3, -0.25) is 0 Å². The highest BCUT2D eigenvalue weighted by molar-refractivity contribution is 6.14. The molecule has 0 saturated heterocycles. The van der Waals surface area contributed by atoms with Gasteiger partial charge in [0.15, 0.2) is 17.5 Å². The Balaban J connectivity index is 1.28. The van der Waals surface area contributed by atoms with Crippen molar-refractivity contribution in [3.05, 3.63) is 170 Å². The number of benzene rings is 7. The molecule has 5 nitrogen and oxygen atoms in total. The van der Waals surface area contributed by atoms with Crippen LogP contribution in [0.5, 0.6) is 0 Å². The molecule has 234 valence electrons. The zero-order chi connectivity index (χ0) is 33.0. The number of hydrogen-bond acceptors (Lipinski definition) is 4. The third kappa shape index (κ3) is 4.60. The van der Waals surface area contributed by atoms with Gasteiger partial charge in [-0.05, 0) is 53.6 Å². The average molecular weight is 641 g/mol. The molecule has 0 atom stereocenters. The Kier molecular flexibility index (Phi) is 6.42. The van der Waals surface area contributed by atoms with E-state index in [0.717, 1.165) is 66.5 Å². The molecule has 0 bridgehead atoms. The Hall–Kier alpha value is -6.85. The molecule has 0 aliphatic carbocycles. The molecule has 0 spiro atoms. The van der Waals surface area contributed by atoms with Crippen LogP contribution in [0.2, 0.25) is 0 Å². The minimum Gasteiger partial charge on any atom is -0.456 e. The summed E-state index contributed by atoms with van der Waals surface area (Å²) >= 11 is 0. The van der Waals surface area contributed by atoms with Crippen molar-refractivity contribution >= 4 is 43.7 Å². The molecule has 0 unspecified atom stereocenters. The third-order valence-electron chi connectivity index (χ3n) is 9.44. The van der Waals surface area contributed by atoms with Gasteiger partial charge in [-0.15, -0.1) is 0 Å². The number of hydrogen-bond donors (Lipinski definition) is 0. The minimum absolute atomic E-state index is 0.588. The van der Waals surface area contributed by atoms with Gasteiger partial charge in [0.05, 0.1) is 11.0 Å². The molecule has 10 aromatic rings. The fraction of sp³-hybridized carbons (Fsp3) is 0. The topological polar surface area (TPSA) is 56.7 Å². The van der Waals surface area contributed by atoms with Gasteiger partial charge in [0.25, 0.3) is 0 Å². The van der Waals surface area contributed by atoms with Crippen molar-refractivity contribution in [2.24, 2.45) is 0 Å². The van der Waals surface area contributed by atoms with E-state index in [2.05, 4.69) is 108 Å². The normalized spacial score (nSPS) is 11.6. The van der Waals surface area contributed by atoms with Crippen LogP contribution < -0.4 is 0 Å². The van der Waals surface area contributed by atoms with Gasteiger partial charge in [-0.25, -0.2) is 15.0 Å². The largest absolute Gasteiger partial charge is 0.456 e. The van der Waals surface area contributed by atoms with Crippen molar-refractivity contribution in [1.29, 1.82) is 0 Å². The molecule has 0 N–H and O–H groups in total. The highest BCUT2D eigenvalue weighted by Crippen LogP contribution is 2.41. The molecule has 0 radical (unpaired) electrons. The van der Waals surface area contributed by atoms with Crippen molar-refractivity contribution < 1.29 is 4.42 Å². The van der Waals surface area contributed by atoms with E-state index in [4.69, 9.17) is 19.4 Å². The smallest absolute Gasteiger partial charge is 0.164 e. The van der Waals surface area contributed by atoms with Crippen LogP contribution in [0, 0.1) is 0 Å². The molecule has 50 heavy (non-hydrogen) atoms. The standard InChI is InChI=1S/C45H28N4O/c1-4-14-29(15-5-1)32-26-37(45-47-43(30-16-6-2-7-17-30)46-44(48-45)31-18-8-3-9-19-31)42-36-28-33(24-25-40(36)50-41(42)27-32)49-38-22-12-10-20-34(38)35-21-11-13-23-39(35)49/h1-28H. The molecule has 7 aromatic carbocycles. The first kappa shape index (κ1) is 28.2. The predicted molar refractivity (Wildman–Crippen MR) is 203 cm³/mol. The maximum Gasteiger partial charge on any atom is 0.164 e. The van der Waals surface area contributed by atoms with Crippen LogP contribution in [0.25, 0.3) is 94.7 Å². The van der Waals surface area contributed by atoms with Gasteiger partial charge < -0.3 is 8.98 Å². The lowest BCUT2D eigenvalue weighted by Gasteiger charge is -2.11. The van der Waals surface area contributed by atoms with Gasteiger partial charge in [-0.1, -0.05) is 127 Å². The Morgan fingerprint density at radius 1 is 0.380 bits per heavy atom. The van der Waals surface area contributed by atoms with Crippen LogP contribution in [0.3, 0.4) is 0 Å². The third-order valence-corrected chi connectivity index (χ3v) is 9.44. The summed E-state index contributed by atoms with van der Waals surface area (Å²) in [6, 6.07) is 58.5. The molecule has 0 fully saturated rings. The fourth-order valence-corrected chi connectivity index (χ4v) is 7.14. The first-order chi connectivity index (χ1) is 24.8. The van der Waals surface area contributed by atoms with E-state index in [1.807, 2.05) is 66.7 Å². The first-order valence-electron chi connectivity index (χ1n) is 16.7. The van der Waals surface area contributed by atoms with Crippen molar-refractivity contribution in [3.8, 4) is 51.0 Å². The summed E-state index contributed by atoms with van der Waals surface area (Å²) in [5.74, 6) is 1.82. The molecule has 0 amide bonds. The number of nitrogens with zero attached hydrogens (tertiary/aromatic N) is 4. The second-order valence-corrected chi connectivity index (χ2v) is 12.5. The number of aromatic nitrogens is 4. The SMILES string of the molecule is c1ccc(-c2cc(-c3nc(-c4ccccc4)nc(-c4ccccc4)n3)c3c(c2)oc2ccc(-n4c5ccccc5c5ccccc54)cc23)cc1. The average Bonchev–Trinajstić information content (AvgIpc) is 3.74. The molecular formula is C45H28N4O. The van der Waals surface area contributed by atoms with Crippen molar-refractivity contribution in [2.45, 2.75) is 0 Å². The zero-order valence-electron chi connectivity index (χ0n) is 26.9. The predicted octanol–water partition coefficient (Wildman–Crippen LogP) is 11.5. The number of furan rings is 1. The van der Waals surface area contributed by atoms with Crippen molar-refractivity contribution in [3.63, 3.8) is 0 Å². The molecule has 0 saturated carbocycles. The van der Waals surface area contributed by atoms with Crippen LogP contribution >= 0.6 is 0 Å². The van der Waals surface area contributed by atoms with E-state index in [-0.39, 0.29) is 0 Å². The monoisotopic (exact) mass is 640 g/mol. The molecule has 10 rings (SSSR count). The van der Waals surface area contributed by atoms with Gasteiger partial charge in [0, 0.05) is 43.9 Å². The second-order valence-electron chi connectivity index (χ2n) is 12.5. The van der Waals surface area contributed by atoms with Crippen LogP contribution in [0.15, 0.2) is 174 Å². The number of rotatable bonds is 5. The summed E-state index contributed by atoms with van der Waals surface area (Å²) in [5, 5.41) is 4.41. The summed E-state index contributed by atoms with van der Waals surface area (Å²) in [7, 11) is 0. The number of fused-ring (bicyclic) bond motifs is 6. The van der Waals surface area contributed by atoms with E-state index in [0.29, 0.717) is 17.5 Å².